The summed E-state index contributed by atoms with van der Waals surface area (Å²) in [5.41, 5.74) is 1.48. The smallest absolute Gasteiger partial charge is 0.251 e. The Bertz CT molecular complexity index is 1070. The predicted molar refractivity (Wildman–Crippen MR) is 121 cm³/mol. The molecule has 9 heteroatoms. The number of methoxy groups -OCH3 is 2. The van der Waals surface area contributed by atoms with Gasteiger partial charge < -0.3 is 25.0 Å². The normalized spacial score (nSPS) is 17.8. The first-order chi connectivity index (χ1) is 15.4. The molecular formula is C23H24ClN3O5. The molecule has 0 bridgehead atoms. The third kappa shape index (κ3) is 4.65. The number of carbonyl (C=O) groups is 3. The Morgan fingerprint density at radius 3 is 2.53 bits per heavy atom. The SMILES string of the molecule is COc1cc(OC)c(N2CC(C(=O)Nc3cccc(C(=O)NC4CC4)c3)CC2=O)cc1Cl. The molecule has 0 radical (unpaired) electrons. The lowest BCUT2D eigenvalue weighted by Crippen LogP contribution is -2.28. The molecule has 0 aromatic heterocycles. The highest BCUT2D eigenvalue weighted by Crippen LogP contribution is 2.40. The molecule has 8 nitrogen and oxygen atoms in total. The maximum atomic E-state index is 12.9. The van der Waals surface area contributed by atoms with Gasteiger partial charge in [0.1, 0.15) is 11.5 Å². The summed E-state index contributed by atoms with van der Waals surface area (Å²) in [5, 5.41) is 6.09. The second kappa shape index (κ2) is 9.08. The molecule has 1 heterocycles. The summed E-state index contributed by atoms with van der Waals surface area (Å²) in [5.74, 6) is -0.360. The number of hydrogen-bond acceptors (Lipinski definition) is 5. The Kier molecular flexibility index (Phi) is 6.23. The van der Waals surface area contributed by atoms with Gasteiger partial charge in [0.15, 0.2) is 0 Å². The minimum Gasteiger partial charge on any atom is -0.495 e. The van der Waals surface area contributed by atoms with Gasteiger partial charge in [-0.1, -0.05) is 17.7 Å². The number of hydrogen-bond donors (Lipinski definition) is 2. The Balaban J connectivity index is 1.46. The molecule has 1 aliphatic heterocycles. The molecule has 168 valence electrons. The molecule has 2 aromatic carbocycles. The van der Waals surface area contributed by atoms with E-state index in [9.17, 15) is 14.4 Å². The molecule has 1 saturated heterocycles. The zero-order valence-corrected chi connectivity index (χ0v) is 18.6. The highest BCUT2D eigenvalue weighted by molar-refractivity contribution is 6.32. The molecule has 0 spiro atoms. The van der Waals surface area contributed by atoms with Gasteiger partial charge in [-0.05, 0) is 37.1 Å². The summed E-state index contributed by atoms with van der Waals surface area (Å²) >= 11 is 6.24. The van der Waals surface area contributed by atoms with Crippen molar-refractivity contribution in [3.05, 3.63) is 47.0 Å². The third-order valence-corrected chi connectivity index (χ3v) is 5.84. The van der Waals surface area contributed by atoms with Gasteiger partial charge >= 0.3 is 0 Å². The fourth-order valence-corrected chi connectivity index (χ4v) is 3.89. The number of ether oxygens (including phenoxy) is 2. The van der Waals surface area contributed by atoms with Crippen molar-refractivity contribution in [3.63, 3.8) is 0 Å². The molecule has 2 aliphatic rings. The van der Waals surface area contributed by atoms with Crippen molar-refractivity contribution in [2.45, 2.75) is 25.3 Å². The summed E-state index contributed by atoms with van der Waals surface area (Å²) < 4.78 is 10.6. The largest absolute Gasteiger partial charge is 0.495 e. The van der Waals surface area contributed by atoms with Crippen LogP contribution in [0.15, 0.2) is 36.4 Å². The van der Waals surface area contributed by atoms with Gasteiger partial charge in [0.25, 0.3) is 5.91 Å². The Hall–Kier alpha value is -3.26. The van der Waals surface area contributed by atoms with Crippen molar-refractivity contribution >= 4 is 40.7 Å². The van der Waals surface area contributed by atoms with E-state index in [1.165, 1.54) is 19.1 Å². The molecular weight excluding hydrogens is 434 g/mol. The minimum absolute atomic E-state index is 0.0560. The van der Waals surface area contributed by atoms with Crippen LogP contribution in [0.1, 0.15) is 29.6 Å². The number of halogens is 1. The lowest BCUT2D eigenvalue weighted by Gasteiger charge is -2.21. The molecule has 2 fully saturated rings. The van der Waals surface area contributed by atoms with E-state index in [4.69, 9.17) is 21.1 Å². The zero-order chi connectivity index (χ0) is 22.8. The van der Waals surface area contributed by atoms with Crippen LogP contribution in [-0.4, -0.2) is 44.5 Å². The first-order valence-electron chi connectivity index (χ1n) is 10.3. The van der Waals surface area contributed by atoms with Gasteiger partial charge in [0.05, 0.1) is 30.8 Å². The van der Waals surface area contributed by atoms with E-state index in [0.29, 0.717) is 33.5 Å². The summed E-state index contributed by atoms with van der Waals surface area (Å²) in [4.78, 5) is 39.3. The Labute approximate surface area is 190 Å². The maximum absolute atomic E-state index is 12.9. The average molecular weight is 458 g/mol. The van der Waals surface area contributed by atoms with Crippen molar-refractivity contribution in [2.24, 2.45) is 5.92 Å². The first-order valence-corrected chi connectivity index (χ1v) is 10.7. The maximum Gasteiger partial charge on any atom is 0.251 e. The fourth-order valence-electron chi connectivity index (χ4n) is 3.65. The van der Waals surface area contributed by atoms with Crippen LogP contribution < -0.4 is 25.0 Å². The monoisotopic (exact) mass is 457 g/mol. The molecule has 1 unspecified atom stereocenters. The zero-order valence-electron chi connectivity index (χ0n) is 17.8. The van der Waals surface area contributed by atoms with E-state index >= 15 is 0 Å². The van der Waals surface area contributed by atoms with Crippen molar-refractivity contribution in [3.8, 4) is 11.5 Å². The highest BCUT2D eigenvalue weighted by Gasteiger charge is 2.37. The standard InChI is InChI=1S/C23H24ClN3O5/c1-31-19-11-20(32-2)18(10-17(19)24)27-12-14(9-21(27)28)23(30)26-16-5-3-4-13(8-16)22(29)25-15-6-7-15/h3-5,8,10-11,14-15H,6-7,9,12H2,1-2H3,(H,25,29)(H,26,30). The summed E-state index contributed by atoms with van der Waals surface area (Å²) in [6.07, 6.45) is 2.05. The summed E-state index contributed by atoms with van der Waals surface area (Å²) in [7, 11) is 2.98. The lowest BCUT2D eigenvalue weighted by atomic mass is 10.1. The van der Waals surface area contributed by atoms with Crippen molar-refractivity contribution in [1.82, 2.24) is 5.32 Å². The number of benzene rings is 2. The quantitative estimate of drug-likeness (QED) is 0.665. The van der Waals surface area contributed by atoms with Crippen LogP contribution in [0, 0.1) is 5.92 Å². The predicted octanol–water partition coefficient (Wildman–Crippen LogP) is 3.24. The summed E-state index contributed by atoms with van der Waals surface area (Å²) in [6.45, 7) is 0.186. The molecule has 32 heavy (non-hydrogen) atoms. The second-order valence-electron chi connectivity index (χ2n) is 7.88. The number of nitrogens with one attached hydrogen (secondary N) is 2. The molecule has 1 atom stereocenters. The van der Waals surface area contributed by atoms with Crippen LogP contribution in [0.4, 0.5) is 11.4 Å². The van der Waals surface area contributed by atoms with Crippen LogP contribution in [-0.2, 0) is 9.59 Å². The molecule has 2 N–H and O–H groups in total. The average Bonchev–Trinajstić information content (AvgIpc) is 3.51. The van der Waals surface area contributed by atoms with Crippen LogP contribution in [0.2, 0.25) is 5.02 Å². The van der Waals surface area contributed by atoms with Gasteiger partial charge in [0.2, 0.25) is 11.8 Å². The Morgan fingerprint density at radius 1 is 1.09 bits per heavy atom. The highest BCUT2D eigenvalue weighted by atomic mass is 35.5. The van der Waals surface area contributed by atoms with Gasteiger partial charge in [-0.2, -0.15) is 0 Å². The molecule has 2 aromatic rings. The van der Waals surface area contributed by atoms with Crippen molar-refractivity contribution in [1.29, 1.82) is 0 Å². The molecule has 4 rings (SSSR count). The lowest BCUT2D eigenvalue weighted by molar-refractivity contribution is -0.122. The van der Waals surface area contributed by atoms with Gasteiger partial charge in [-0.3, -0.25) is 14.4 Å². The third-order valence-electron chi connectivity index (χ3n) is 5.54. The van der Waals surface area contributed by atoms with E-state index in [0.717, 1.165) is 12.8 Å². The van der Waals surface area contributed by atoms with E-state index < -0.39 is 5.92 Å². The molecule has 1 saturated carbocycles. The first kappa shape index (κ1) is 22.0. The van der Waals surface area contributed by atoms with E-state index in [1.54, 1.807) is 36.4 Å². The molecule has 1 aliphatic carbocycles. The summed E-state index contributed by atoms with van der Waals surface area (Å²) in [6, 6.07) is 10.2. The number of nitrogens with zero attached hydrogens (tertiary/aromatic N) is 1. The van der Waals surface area contributed by atoms with E-state index in [1.807, 2.05) is 0 Å². The van der Waals surface area contributed by atoms with E-state index in [2.05, 4.69) is 10.6 Å². The number of rotatable bonds is 7. The number of amides is 3. The van der Waals surface area contributed by atoms with Crippen LogP contribution in [0.3, 0.4) is 0 Å². The fraction of sp³-hybridized carbons (Fsp3) is 0.348. The second-order valence-corrected chi connectivity index (χ2v) is 8.29. The van der Waals surface area contributed by atoms with Gasteiger partial charge in [-0.15, -0.1) is 0 Å². The number of anilines is 2. The van der Waals surface area contributed by atoms with Crippen molar-refractivity contribution < 1.29 is 23.9 Å². The van der Waals surface area contributed by atoms with Gasteiger partial charge in [-0.25, -0.2) is 0 Å². The van der Waals surface area contributed by atoms with Crippen molar-refractivity contribution in [2.75, 3.05) is 31.0 Å². The van der Waals surface area contributed by atoms with Gasteiger partial charge in [0, 0.05) is 36.3 Å². The minimum atomic E-state index is -0.558. The van der Waals surface area contributed by atoms with Crippen LogP contribution >= 0.6 is 11.6 Å². The molecule has 3 amide bonds. The number of carbonyl (C=O) groups excluding carboxylic acids is 3. The van der Waals surface area contributed by atoms with Crippen LogP contribution in [0.5, 0.6) is 11.5 Å². The topological polar surface area (TPSA) is 97.0 Å². The van der Waals surface area contributed by atoms with E-state index in [-0.39, 0.29) is 36.7 Å². The van der Waals surface area contributed by atoms with Crippen LogP contribution in [0.25, 0.3) is 0 Å². The Morgan fingerprint density at radius 2 is 1.84 bits per heavy atom.